The molecule has 1 aromatic carbocycles. The van der Waals surface area contributed by atoms with Crippen LogP contribution in [0.1, 0.15) is 12.8 Å². The highest BCUT2D eigenvalue weighted by Gasteiger charge is 2.32. The standard InChI is InChI=1S/C12H16ClNO4S2/c1-19(15,16)11-6-8-14(9-7-11)20(17,18)12-4-2-10(13)3-5-12/h2-5,11H,6-9H2,1H3. The number of sulfonamides is 1. The van der Waals surface area contributed by atoms with Gasteiger partial charge in [0.2, 0.25) is 10.0 Å². The fourth-order valence-electron chi connectivity index (χ4n) is 2.26. The first-order chi connectivity index (χ1) is 9.21. The van der Waals surface area contributed by atoms with Crippen molar-refractivity contribution < 1.29 is 16.8 Å². The Morgan fingerprint density at radius 3 is 2.00 bits per heavy atom. The second-order valence-electron chi connectivity index (χ2n) is 4.89. The summed E-state index contributed by atoms with van der Waals surface area (Å²) in [7, 11) is -6.67. The van der Waals surface area contributed by atoms with Crippen molar-refractivity contribution in [3.63, 3.8) is 0 Å². The zero-order valence-corrected chi connectivity index (χ0v) is 13.4. The summed E-state index contributed by atoms with van der Waals surface area (Å²) in [4.78, 5) is 0.180. The van der Waals surface area contributed by atoms with Gasteiger partial charge >= 0.3 is 0 Å². The minimum Gasteiger partial charge on any atom is -0.229 e. The monoisotopic (exact) mass is 337 g/mol. The molecule has 1 aliphatic rings. The molecule has 8 heteroatoms. The fraction of sp³-hybridized carbons (Fsp3) is 0.500. The number of rotatable bonds is 3. The average Bonchev–Trinajstić information content (AvgIpc) is 2.38. The molecule has 2 rings (SSSR count). The van der Waals surface area contributed by atoms with Gasteiger partial charge in [-0.3, -0.25) is 0 Å². The lowest BCUT2D eigenvalue weighted by atomic mass is 10.2. The molecule has 0 aliphatic carbocycles. The van der Waals surface area contributed by atoms with Crippen LogP contribution in [0.5, 0.6) is 0 Å². The third-order valence-corrected chi connectivity index (χ3v) is 7.31. The van der Waals surface area contributed by atoms with Gasteiger partial charge in [0.25, 0.3) is 0 Å². The van der Waals surface area contributed by atoms with Crippen molar-refractivity contribution in [1.82, 2.24) is 4.31 Å². The number of sulfone groups is 1. The Morgan fingerprint density at radius 1 is 1.05 bits per heavy atom. The quantitative estimate of drug-likeness (QED) is 0.838. The van der Waals surface area contributed by atoms with E-state index in [4.69, 9.17) is 11.6 Å². The van der Waals surface area contributed by atoms with Gasteiger partial charge in [-0.15, -0.1) is 0 Å². The smallest absolute Gasteiger partial charge is 0.229 e. The number of nitrogens with zero attached hydrogens (tertiary/aromatic N) is 1. The zero-order valence-electron chi connectivity index (χ0n) is 11.0. The van der Waals surface area contributed by atoms with Crippen molar-refractivity contribution in [2.24, 2.45) is 0 Å². The molecule has 0 amide bonds. The summed E-state index contributed by atoms with van der Waals surface area (Å²) in [6, 6.07) is 5.97. The summed E-state index contributed by atoms with van der Waals surface area (Å²) in [5.41, 5.74) is 0. The highest BCUT2D eigenvalue weighted by atomic mass is 35.5. The summed E-state index contributed by atoms with van der Waals surface area (Å²) in [5, 5.41) is 0.0268. The summed E-state index contributed by atoms with van der Waals surface area (Å²) in [5.74, 6) is 0. The SMILES string of the molecule is CS(=O)(=O)C1CCN(S(=O)(=O)c2ccc(Cl)cc2)CC1. The van der Waals surface area contributed by atoms with E-state index in [2.05, 4.69) is 0 Å². The molecule has 1 aliphatic heterocycles. The molecule has 112 valence electrons. The Balaban J connectivity index is 2.15. The molecule has 0 saturated carbocycles. The maximum atomic E-state index is 12.4. The first kappa shape index (κ1) is 15.8. The minimum absolute atomic E-state index is 0.180. The van der Waals surface area contributed by atoms with Gasteiger partial charge in [0, 0.05) is 24.4 Å². The molecular weight excluding hydrogens is 322 g/mol. The Bertz CT molecular complexity index is 675. The summed E-state index contributed by atoms with van der Waals surface area (Å²) >= 11 is 5.74. The number of halogens is 1. The number of piperidine rings is 1. The molecule has 1 saturated heterocycles. The van der Waals surface area contributed by atoms with E-state index < -0.39 is 25.1 Å². The molecule has 0 radical (unpaired) electrons. The van der Waals surface area contributed by atoms with Gasteiger partial charge in [0.15, 0.2) is 0 Å². The summed E-state index contributed by atoms with van der Waals surface area (Å²) in [6.45, 7) is 0.450. The van der Waals surface area contributed by atoms with Crippen LogP contribution in [0.25, 0.3) is 0 Å². The van der Waals surface area contributed by atoms with E-state index in [0.717, 1.165) is 0 Å². The zero-order chi connectivity index (χ0) is 15.0. The third-order valence-electron chi connectivity index (χ3n) is 3.46. The Hall–Kier alpha value is -0.630. The molecule has 1 heterocycles. The van der Waals surface area contributed by atoms with Gasteiger partial charge in [0.05, 0.1) is 10.1 Å². The van der Waals surface area contributed by atoms with Crippen molar-refractivity contribution in [1.29, 1.82) is 0 Å². The Morgan fingerprint density at radius 2 is 1.55 bits per heavy atom. The van der Waals surface area contributed by atoms with Gasteiger partial charge in [-0.05, 0) is 37.1 Å². The van der Waals surface area contributed by atoms with Crippen LogP contribution in [0.2, 0.25) is 5.02 Å². The molecule has 0 bridgehead atoms. The van der Waals surface area contributed by atoms with E-state index in [0.29, 0.717) is 17.9 Å². The largest absolute Gasteiger partial charge is 0.243 e. The molecule has 0 spiro atoms. The molecule has 0 unspecified atom stereocenters. The van der Waals surface area contributed by atoms with Crippen molar-refractivity contribution in [3.05, 3.63) is 29.3 Å². The third kappa shape index (κ3) is 3.33. The van der Waals surface area contributed by atoms with E-state index in [1.807, 2.05) is 0 Å². The Labute approximate surface area is 124 Å². The van der Waals surface area contributed by atoms with E-state index >= 15 is 0 Å². The van der Waals surface area contributed by atoms with Crippen molar-refractivity contribution >= 4 is 31.5 Å². The molecule has 5 nitrogen and oxygen atoms in total. The maximum absolute atomic E-state index is 12.4. The minimum atomic E-state index is -3.57. The molecule has 0 atom stereocenters. The number of benzene rings is 1. The fourth-order valence-corrected chi connectivity index (χ4v) is 4.92. The maximum Gasteiger partial charge on any atom is 0.243 e. The van der Waals surface area contributed by atoms with E-state index in [-0.39, 0.29) is 18.0 Å². The van der Waals surface area contributed by atoms with Crippen LogP contribution >= 0.6 is 11.6 Å². The molecule has 0 N–H and O–H groups in total. The molecule has 1 fully saturated rings. The highest BCUT2D eigenvalue weighted by Crippen LogP contribution is 2.24. The van der Waals surface area contributed by atoms with Gasteiger partial charge in [-0.25, -0.2) is 16.8 Å². The molecule has 1 aromatic rings. The van der Waals surface area contributed by atoms with Crippen LogP contribution in [0.3, 0.4) is 0 Å². The predicted octanol–water partition coefficient (Wildman–Crippen LogP) is 1.54. The van der Waals surface area contributed by atoms with Gasteiger partial charge in [0.1, 0.15) is 9.84 Å². The lowest BCUT2D eigenvalue weighted by Gasteiger charge is -2.30. The van der Waals surface area contributed by atoms with E-state index in [9.17, 15) is 16.8 Å². The van der Waals surface area contributed by atoms with Gasteiger partial charge in [-0.2, -0.15) is 4.31 Å². The van der Waals surface area contributed by atoms with Crippen LogP contribution in [-0.2, 0) is 19.9 Å². The normalized spacial score (nSPS) is 19.1. The predicted molar refractivity (Wildman–Crippen MR) is 78.1 cm³/mol. The topological polar surface area (TPSA) is 71.5 Å². The van der Waals surface area contributed by atoms with Crippen LogP contribution in [0.4, 0.5) is 0 Å². The van der Waals surface area contributed by atoms with Crippen molar-refractivity contribution in [2.75, 3.05) is 19.3 Å². The first-order valence-corrected chi connectivity index (χ1v) is 9.93. The highest BCUT2D eigenvalue weighted by molar-refractivity contribution is 7.91. The van der Waals surface area contributed by atoms with Crippen LogP contribution in [0.15, 0.2) is 29.2 Å². The lowest BCUT2D eigenvalue weighted by molar-refractivity contribution is 0.346. The van der Waals surface area contributed by atoms with E-state index in [1.165, 1.54) is 34.8 Å². The number of hydrogen-bond donors (Lipinski definition) is 0. The van der Waals surface area contributed by atoms with Gasteiger partial charge < -0.3 is 0 Å². The number of hydrogen-bond acceptors (Lipinski definition) is 4. The Kier molecular flexibility index (Phi) is 4.44. The van der Waals surface area contributed by atoms with E-state index in [1.54, 1.807) is 0 Å². The summed E-state index contributed by atoms with van der Waals surface area (Å²) < 4.78 is 49.0. The molecular formula is C12H16ClNO4S2. The first-order valence-electron chi connectivity index (χ1n) is 6.16. The van der Waals surface area contributed by atoms with Crippen molar-refractivity contribution in [2.45, 2.75) is 23.0 Å². The molecule has 0 aromatic heterocycles. The second-order valence-corrected chi connectivity index (χ2v) is 9.59. The molecule has 20 heavy (non-hydrogen) atoms. The summed E-state index contributed by atoms with van der Waals surface area (Å²) in [6.07, 6.45) is 1.87. The van der Waals surface area contributed by atoms with Crippen LogP contribution in [0, 0.1) is 0 Å². The van der Waals surface area contributed by atoms with Crippen LogP contribution in [-0.4, -0.2) is 45.7 Å². The van der Waals surface area contributed by atoms with Gasteiger partial charge in [-0.1, -0.05) is 11.6 Å². The van der Waals surface area contributed by atoms with Crippen LogP contribution < -0.4 is 0 Å². The lowest BCUT2D eigenvalue weighted by Crippen LogP contribution is -2.42. The van der Waals surface area contributed by atoms with Crippen molar-refractivity contribution in [3.8, 4) is 0 Å². The average molecular weight is 338 g/mol. The second kappa shape index (κ2) is 5.63.